The fourth-order valence-corrected chi connectivity index (χ4v) is 2.93. The highest BCUT2D eigenvalue weighted by Crippen LogP contribution is 2.51. The summed E-state index contributed by atoms with van der Waals surface area (Å²) in [5.74, 6) is 0. The summed E-state index contributed by atoms with van der Waals surface area (Å²) < 4.78 is 5.60. The van der Waals surface area contributed by atoms with Crippen molar-refractivity contribution in [2.24, 2.45) is 5.41 Å². The summed E-state index contributed by atoms with van der Waals surface area (Å²) in [6.45, 7) is 7.57. The van der Waals surface area contributed by atoms with Gasteiger partial charge < -0.3 is 10.1 Å². The van der Waals surface area contributed by atoms with Gasteiger partial charge in [-0.25, -0.2) is 4.98 Å². The van der Waals surface area contributed by atoms with Crippen LogP contribution in [0, 0.1) is 5.41 Å². The van der Waals surface area contributed by atoms with Crippen molar-refractivity contribution < 1.29 is 4.74 Å². The summed E-state index contributed by atoms with van der Waals surface area (Å²) in [4.78, 5) is 4.28. The monoisotopic (exact) mass is 240 g/mol. The normalized spacial score (nSPS) is 32.4. The average Bonchev–Trinajstić information content (AvgIpc) is 2.76. The van der Waals surface area contributed by atoms with Crippen molar-refractivity contribution in [3.05, 3.63) is 16.6 Å². The lowest BCUT2D eigenvalue weighted by molar-refractivity contribution is -0.180. The molecule has 4 heteroatoms. The van der Waals surface area contributed by atoms with Gasteiger partial charge in [0.05, 0.1) is 16.8 Å². The first-order valence-electron chi connectivity index (χ1n) is 5.65. The van der Waals surface area contributed by atoms with Crippen LogP contribution >= 0.6 is 11.3 Å². The van der Waals surface area contributed by atoms with E-state index in [9.17, 15) is 0 Å². The first-order chi connectivity index (χ1) is 7.49. The Bertz CT molecular complexity index is 350. The van der Waals surface area contributed by atoms with Gasteiger partial charge in [0.1, 0.15) is 0 Å². The van der Waals surface area contributed by atoms with E-state index in [-0.39, 0.29) is 11.0 Å². The Hall–Kier alpha value is -0.450. The van der Waals surface area contributed by atoms with Gasteiger partial charge in [0.25, 0.3) is 0 Å². The molecule has 0 amide bonds. The minimum absolute atomic E-state index is 0.00669. The molecule has 2 unspecified atom stereocenters. The smallest absolute Gasteiger partial charge is 0.0795 e. The van der Waals surface area contributed by atoms with Gasteiger partial charge in [-0.1, -0.05) is 13.8 Å². The maximum absolute atomic E-state index is 5.60. The van der Waals surface area contributed by atoms with Gasteiger partial charge in [0.15, 0.2) is 0 Å². The molecule has 1 aliphatic rings. The molecular formula is C12H20N2OS. The van der Waals surface area contributed by atoms with Crippen LogP contribution in [0.25, 0.3) is 0 Å². The van der Waals surface area contributed by atoms with E-state index >= 15 is 0 Å². The molecule has 1 heterocycles. The average molecular weight is 240 g/mol. The molecule has 1 N–H and O–H groups in total. The lowest BCUT2D eigenvalue weighted by atomic mass is 9.56. The highest BCUT2D eigenvalue weighted by atomic mass is 32.1. The fraction of sp³-hybridized carbons (Fsp3) is 0.750. The third-order valence-electron chi connectivity index (χ3n) is 4.29. The number of nitrogens with one attached hydrogen (secondary N) is 1. The molecule has 2 rings (SSSR count). The summed E-state index contributed by atoms with van der Waals surface area (Å²) in [6, 6.07) is 0.513. The molecule has 0 aliphatic heterocycles. The summed E-state index contributed by atoms with van der Waals surface area (Å²) in [5, 5.41) is 5.66. The van der Waals surface area contributed by atoms with Crippen molar-refractivity contribution >= 4 is 11.3 Å². The number of thiazole rings is 1. The number of methoxy groups -OCH3 is 1. The van der Waals surface area contributed by atoms with Gasteiger partial charge in [-0.3, -0.25) is 0 Å². The molecule has 0 bridgehead atoms. The van der Waals surface area contributed by atoms with E-state index in [1.165, 1.54) is 0 Å². The van der Waals surface area contributed by atoms with Crippen LogP contribution in [-0.2, 0) is 11.3 Å². The van der Waals surface area contributed by atoms with E-state index in [2.05, 4.69) is 36.5 Å². The van der Waals surface area contributed by atoms with Crippen molar-refractivity contribution in [1.82, 2.24) is 10.3 Å². The third-order valence-corrected chi connectivity index (χ3v) is 4.93. The Labute approximate surface area is 101 Å². The lowest BCUT2D eigenvalue weighted by Gasteiger charge is -2.59. The zero-order chi connectivity index (χ0) is 11.8. The van der Waals surface area contributed by atoms with Crippen molar-refractivity contribution in [3.8, 4) is 0 Å². The van der Waals surface area contributed by atoms with Crippen LogP contribution in [0.1, 0.15) is 32.9 Å². The Morgan fingerprint density at radius 1 is 1.56 bits per heavy atom. The second kappa shape index (κ2) is 4.09. The summed E-state index contributed by atoms with van der Waals surface area (Å²) in [6.07, 6.45) is 1.07. The zero-order valence-electron chi connectivity index (χ0n) is 10.4. The number of ether oxygens (including phenoxy) is 1. The zero-order valence-corrected chi connectivity index (χ0v) is 11.2. The molecule has 1 aromatic heterocycles. The summed E-state index contributed by atoms with van der Waals surface area (Å²) in [7, 11) is 1.80. The molecule has 0 aromatic carbocycles. The van der Waals surface area contributed by atoms with E-state index in [0.717, 1.165) is 18.7 Å². The van der Waals surface area contributed by atoms with Gasteiger partial charge in [-0.15, -0.1) is 11.3 Å². The topological polar surface area (TPSA) is 34.1 Å². The Balaban J connectivity index is 1.90. The van der Waals surface area contributed by atoms with Crippen molar-refractivity contribution in [1.29, 1.82) is 0 Å². The number of aromatic nitrogens is 1. The summed E-state index contributed by atoms with van der Waals surface area (Å²) in [5.41, 5.74) is 3.19. The highest BCUT2D eigenvalue weighted by Gasteiger charge is 2.57. The number of nitrogens with zero attached hydrogens (tertiary/aromatic N) is 1. The van der Waals surface area contributed by atoms with Crippen LogP contribution in [0.4, 0.5) is 0 Å². The molecule has 90 valence electrons. The van der Waals surface area contributed by atoms with Crippen LogP contribution in [0.5, 0.6) is 0 Å². The molecule has 1 aromatic rings. The Morgan fingerprint density at radius 2 is 2.31 bits per heavy atom. The third kappa shape index (κ3) is 1.79. The maximum atomic E-state index is 5.60. The second-order valence-corrected chi connectivity index (χ2v) is 5.99. The molecule has 16 heavy (non-hydrogen) atoms. The molecule has 0 radical (unpaired) electrons. The van der Waals surface area contributed by atoms with Crippen LogP contribution in [0.2, 0.25) is 0 Å². The molecule has 0 spiro atoms. The van der Waals surface area contributed by atoms with Gasteiger partial charge in [-0.05, 0) is 13.3 Å². The first kappa shape index (κ1) is 12.0. The van der Waals surface area contributed by atoms with Gasteiger partial charge in [-0.2, -0.15) is 0 Å². The first-order valence-corrected chi connectivity index (χ1v) is 6.59. The minimum Gasteiger partial charge on any atom is -0.378 e. The number of hydrogen-bond donors (Lipinski definition) is 1. The van der Waals surface area contributed by atoms with Crippen LogP contribution in [-0.4, -0.2) is 23.7 Å². The lowest BCUT2D eigenvalue weighted by Crippen LogP contribution is -2.67. The molecule has 2 atom stereocenters. The van der Waals surface area contributed by atoms with Crippen LogP contribution < -0.4 is 5.32 Å². The van der Waals surface area contributed by atoms with Gasteiger partial charge >= 0.3 is 0 Å². The van der Waals surface area contributed by atoms with E-state index < -0.39 is 0 Å². The predicted octanol–water partition coefficient (Wildman–Crippen LogP) is 2.44. The minimum atomic E-state index is 0.00669. The number of hydrogen-bond acceptors (Lipinski definition) is 4. The standard InChI is InChI=1S/C12H20N2OS/c1-11(2)10(5-12(11,3)15-4)13-6-9-7-16-8-14-9/h7-8,10,13H,5-6H2,1-4H3. The summed E-state index contributed by atoms with van der Waals surface area (Å²) >= 11 is 1.65. The largest absolute Gasteiger partial charge is 0.378 e. The van der Waals surface area contributed by atoms with Gasteiger partial charge in [0, 0.05) is 30.5 Å². The fourth-order valence-electron chi connectivity index (χ4n) is 2.37. The molecule has 1 fully saturated rings. The van der Waals surface area contributed by atoms with Gasteiger partial charge in [0.2, 0.25) is 0 Å². The van der Waals surface area contributed by atoms with Crippen LogP contribution in [0.15, 0.2) is 10.9 Å². The van der Waals surface area contributed by atoms with E-state index in [4.69, 9.17) is 4.74 Å². The van der Waals surface area contributed by atoms with Crippen LogP contribution in [0.3, 0.4) is 0 Å². The molecule has 1 saturated carbocycles. The van der Waals surface area contributed by atoms with Crippen molar-refractivity contribution in [2.45, 2.75) is 45.4 Å². The predicted molar refractivity (Wildman–Crippen MR) is 66.6 cm³/mol. The van der Waals surface area contributed by atoms with Crippen molar-refractivity contribution in [3.63, 3.8) is 0 Å². The van der Waals surface area contributed by atoms with E-state index in [1.54, 1.807) is 18.4 Å². The Kier molecular flexibility index (Phi) is 3.07. The molecule has 0 saturated heterocycles. The highest BCUT2D eigenvalue weighted by molar-refractivity contribution is 7.07. The SMILES string of the molecule is COC1(C)CC(NCc2cscn2)C1(C)C. The Morgan fingerprint density at radius 3 is 2.81 bits per heavy atom. The quantitative estimate of drug-likeness (QED) is 0.877. The second-order valence-electron chi connectivity index (χ2n) is 5.27. The maximum Gasteiger partial charge on any atom is 0.0795 e. The van der Waals surface area contributed by atoms with E-state index in [0.29, 0.717) is 6.04 Å². The molecule has 3 nitrogen and oxygen atoms in total. The molecular weight excluding hydrogens is 220 g/mol. The number of rotatable bonds is 4. The van der Waals surface area contributed by atoms with Crippen molar-refractivity contribution in [2.75, 3.05) is 7.11 Å². The van der Waals surface area contributed by atoms with E-state index in [1.807, 2.05) is 5.51 Å². The molecule has 1 aliphatic carbocycles.